The molecule has 0 aliphatic carbocycles. The van der Waals surface area contributed by atoms with Crippen LogP contribution in [0.15, 0.2) is 47.1 Å². The normalized spacial score (nSPS) is 15.0. The van der Waals surface area contributed by atoms with Crippen molar-refractivity contribution in [3.05, 3.63) is 53.9 Å². The second-order valence-corrected chi connectivity index (χ2v) is 9.97. The number of methoxy groups -OCH3 is 1. The molecule has 0 radical (unpaired) electrons. The largest absolute Gasteiger partial charge is 0.423 e. The van der Waals surface area contributed by atoms with Crippen LogP contribution in [-0.4, -0.2) is 63.0 Å². The van der Waals surface area contributed by atoms with Crippen LogP contribution in [0.1, 0.15) is 30.0 Å². The van der Waals surface area contributed by atoms with Crippen molar-refractivity contribution in [1.29, 1.82) is 0 Å². The van der Waals surface area contributed by atoms with Crippen LogP contribution in [-0.2, 0) is 4.74 Å². The Morgan fingerprint density at radius 3 is 2.66 bits per heavy atom. The lowest BCUT2D eigenvalue weighted by Gasteiger charge is -2.31. The number of nitrogens with one attached hydrogen (secondary N) is 1. The van der Waals surface area contributed by atoms with Gasteiger partial charge in [0.05, 0.1) is 18.0 Å². The van der Waals surface area contributed by atoms with E-state index in [1.165, 1.54) is 6.33 Å². The predicted octanol–water partition coefficient (Wildman–Crippen LogP) is 4.86. The molecule has 38 heavy (non-hydrogen) atoms. The Bertz CT molecular complexity index is 1580. The first kappa shape index (κ1) is 24.3. The Morgan fingerprint density at radius 1 is 1.11 bits per heavy atom. The van der Waals surface area contributed by atoms with Gasteiger partial charge < -0.3 is 25.1 Å². The van der Waals surface area contributed by atoms with Crippen molar-refractivity contribution in [3.63, 3.8) is 0 Å². The topological polar surface area (TPSA) is 120 Å². The zero-order valence-electron chi connectivity index (χ0n) is 21.9. The number of nitrogens with zero attached hydrogens (tertiary/aromatic N) is 6. The number of ether oxygens (including phenoxy) is 1. The fourth-order valence-corrected chi connectivity index (χ4v) is 5.32. The number of piperidine rings is 1. The molecule has 1 aliphatic rings. The van der Waals surface area contributed by atoms with Gasteiger partial charge >= 0.3 is 0 Å². The van der Waals surface area contributed by atoms with E-state index in [1.807, 2.05) is 41.9 Å². The average molecular weight is 513 g/mol. The van der Waals surface area contributed by atoms with E-state index in [4.69, 9.17) is 20.0 Å². The molecule has 3 aromatic heterocycles. The smallest absolute Gasteiger partial charge is 0.300 e. The molecule has 0 bridgehead atoms. The van der Waals surface area contributed by atoms with Gasteiger partial charge in [-0.1, -0.05) is 18.2 Å². The molecule has 196 valence electrons. The molecule has 10 nitrogen and oxygen atoms in total. The summed E-state index contributed by atoms with van der Waals surface area (Å²) in [6.07, 6.45) is 3.51. The summed E-state index contributed by atoms with van der Waals surface area (Å²) in [5.74, 6) is 0.438. The van der Waals surface area contributed by atoms with Crippen molar-refractivity contribution >= 4 is 39.7 Å². The molecule has 1 saturated heterocycles. The molecule has 5 aromatic rings. The fraction of sp³-hybridized carbons (Fsp3) is 0.357. The van der Waals surface area contributed by atoms with Crippen molar-refractivity contribution in [1.82, 2.24) is 29.6 Å². The van der Waals surface area contributed by atoms with Gasteiger partial charge in [0, 0.05) is 38.0 Å². The third-order valence-electron chi connectivity index (χ3n) is 7.26. The summed E-state index contributed by atoms with van der Waals surface area (Å²) in [4.78, 5) is 15.9. The highest BCUT2D eigenvalue weighted by atomic mass is 16.5. The first-order chi connectivity index (χ1) is 18.5. The van der Waals surface area contributed by atoms with E-state index >= 15 is 0 Å². The van der Waals surface area contributed by atoms with Crippen LogP contribution < -0.4 is 11.1 Å². The maximum atomic E-state index is 6.35. The molecule has 2 aromatic carbocycles. The van der Waals surface area contributed by atoms with Gasteiger partial charge in [0.15, 0.2) is 11.2 Å². The highest BCUT2D eigenvalue weighted by molar-refractivity contribution is 5.98. The molecular weight excluding hydrogens is 480 g/mol. The average Bonchev–Trinajstić information content (AvgIpc) is 3.51. The molecule has 0 unspecified atom stereocenters. The Balaban J connectivity index is 1.26. The number of rotatable bonds is 7. The van der Waals surface area contributed by atoms with Crippen LogP contribution in [0, 0.1) is 13.8 Å². The van der Waals surface area contributed by atoms with E-state index in [1.54, 1.807) is 7.11 Å². The lowest BCUT2D eigenvalue weighted by molar-refractivity contribution is 0.120. The van der Waals surface area contributed by atoms with Gasteiger partial charge in [-0.15, -0.1) is 0 Å². The molecule has 0 saturated carbocycles. The first-order valence-electron chi connectivity index (χ1n) is 13.0. The Labute approximate surface area is 220 Å². The first-order valence-corrected chi connectivity index (χ1v) is 13.0. The van der Waals surface area contributed by atoms with Crippen molar-refractivity contribution in [2.45, 2.75) is 32.7 Å². The van der Waals surface area contributed by atoms with E-state index in [2.05, 4.69) is 38.2 Å². The molecule has 0 amide bonds. The lowest BCUT2D eigenvalue weighted by atomic mass is 10.1. The van der Waals surface area contributed by atoms with Gasteiger partial charge in [-0.05, 0) is 56.0 Å². The lowest BCUT2D eigenvalue weighted by Crippen LogP contribution is -2.36. The zero-order valence-corrected chi connectivity index (χ0v) is 21.9. The molecular formula is C28H32N8O2. The number of hydrogen-bond acceptors (Lipinski definition) is 9. The summed E-state index contributed by atoms with van der Waals surface area (Å²) < 4.78 is 13.3. The summed E-state index contributed by atoms with van der Waals surface area (Å²) in [7, 11) is 1.74. The standard InChI is InChI=1S/C28H32N8O2/c1-17-14-18(2)25-22(15-17)33-28(38-25)32-20-6-4-19(5-7-20)24-23-26(29)30-16-31-27(23)36(34-24)21-8-10-35(11-9-21)12-13-37-3/h4-7,14-16,21H,8-13H2,1-3H3,(H,32,33)(H2,29,30,31). The molecule has 1 fully saturated rings. The third-order valence-corrected chi connectivity index (χ3v) is 7.26. The van der Waals surface area contributed by atoms with E-state index in [0.717, 1.165) is 89.3 Å². The second-order valence-electron chi connectivity index (χ2n) is 9.97. The van der Waals surface area contributed by atoms with Crippen molar-refractivity contribution in [2.75, 3.05) is 44.4 Å². The summed E-state index contributed by atoms with van der Waals surface area (Å²) in [6.45, 7) is 7.79. The number of aromatic nitrogens is 5. The second kappa shape index (κ2) is 10.0. The van der Waals surface area contributed by atoms with Gasteiger partial charge in [-0.2, -0.15) is 10.1 Å². The van der Waals surface area contributed by atoms with Crippen molar-refractivity contribution < 1.29 is 9.15 Å². The maximum Gasteiger partial charge on any atom is 0.300 e. The quantitative estimate of drug-likeness (QED) is 0.315. The molecule has 3 N–H and O–H groups in total. The Hall–Kier alpha value is -4.02. The van der Waals surface area contributed by atoms with E-state index in [-0.39, 0.29) is 6.04 Å². The van der Waals surface area contributed by atoms with Crippen LogP contribution >= 0.6 is 0 Å². The number of hydrogen-bond donors (Lipinski definition) is 2. The van der Waals surface area contributed by atoms with Crippen LogP contribution in [0.5, 0.6) is 0 Å². The van der Waals surface area contributed by atoms with Gasteiger partial charge in [0.2, 0.25) is 0 Å². The number of nitrogen functional groups attached to an aromatic ring is 1. The highest BCUT2D eigenvalue weighted by Crippen LogP contribution is 2.35. The minimum Gasteiger partial charge on any atom is -0.423 e. The molecule has 6 rings (SSSR count). The van der Waals surface area contributed by atoms with E-state index < -0.39 is 0 Å². The summed E-state index contributed by atoms with van der Waals surface area (Å²) in [6, 6.07) is 12.9. The molecule has 1 aliphatic heterocycles. The van der Waals surface area contributed by atoms with E-state index in [9.17, 15) is 0 Å². The number of anilines is 3. The number of aryl methyl sites for hydroxylation is 2. The minimum atomic E-state index is 0.256. The van der Waals surface area contributed by atoms with Crippen LogP contribution in [0.25, 0.3) is 33.4 Å². The minimum absolute atomic E-state index is 0.256. The molecule has 10 heteroatoms. The predicted molar refractivity (Wildman–Crippen MR) is 149 cm³/mol. The van der Waals surface area contributed by atoms with Crippen LogP contribution in [0.2, 0.25) is 0 Å². The molecule has 4 heterocycles. The summed E-state index contributed by atoms with van der Waals surface area (Å²) >= 11 is 0. The number of nitrogens with two attached hydrogens (primary N) is 1. The van der Waals surface area contributed by atoms with Crippen molar-refractivity contribution in [2.24, 2.45) is 0 Å². The SMILES string of the molecule is COCCN1CCC(n2nc(-c3ccc(Nc4nc5cc(C)cc(C)c5o4)cc3)c3c(N)ncnc32)CC1. The van der Waals surface area contributed by atoms with E-state index in [0.29, 0.717) is 11.8 Å². The van der Waals surface area contributed by atoms with Crippen LogP contribution in [0.3, 0.4) is 0 Å². The molecule has 0 atom stereocenters. The number of fused-ring (bicyclic) bond motifs is 2. The highest BCUT2D eigenvalue weighted by Gasteiger charge is 2.26. The van der Waals surface area contributed by atoms with Gasteiger partial charge in [-0.3, -0.25) is 0 Å². The third kappa shape index (κ3) is 4.57. The van der Waals surface area contributed by atoms with Crippen LogP contribution in [0.4, 0.5) is 17.5 Å². The number of benzene rings is 2. The van der Waals surface area contributed by atoms with Gasteiger partial charge in [0.25, 0.3) is 6.01 Å². The van der Waals surface area contributed by atoms with Crippen molar-refractivity contribution in [3.8, 4) is 11.3 Å². The zero-order chi connectivity index (χ0) is 26.2. The summed E-state index contributed by atoms with van der Waals surface area (Å²) in [5.41, 5.74) is 13.6. The monoisotopic (exact) mass is 512 g/mol. The van der Waals surface area contributed by atoms with Gasteiger partial charge in [0.1, 0.15) is 23.4 Å². The fourth-order valence-electron chi connectivity index (χ4n) is 5.32. The summed E-state index contributed by atoms with van der Waals surface area (Å²) in [5, 5.41) is 9.10. The Morgan fingerprint density at radius 2 is 1.89 bits per heavy atom. The van der Waals surface area contributed by atoms with Gasteiger partial charge in [-0.25, -0.2) is 14.6 Å². The molecule has 0 spiro atoms. The maximum absolute atomic E-state index is 6.35. The number of likely N-dealkylation sites (tertiary alicyclic amines) is 1. The number of oxazole rings is 1. The Kier molecular flexibility index (Phi) is 6.42.